The van der Waals surface area contributed by atoms with Gasteiger partial charge in [0.25, 0.3) is 0 Å². The fraction of sp³-hybridized carbons (Fsp3) is 0.567. The first kappa shape index (κ1) is 27.9. The minimum absolute atomic E-state index is 0.158. The summed E-state index contributed by atoms with van der Waals surface area (Å²) in [6, 6.07) is 5.72. The topological polar surface area (TPSA) is 38.8 Å². The Morgan fingerprint density at radius 2 is 1.68 bits per heavy atom. The first-order valence-electron chi connectivity index (χ1n) is 12.7. The quantitative estimate of drug-likeness (QED) is 0.182. The molecule has 0 fully saturated rings. The van der Waals surface area contributed by atoms with Gasteiger partial charge in [-0.2, -0.15) is 0 Å². The van der Waals surface area contributed by atoms with Crippen molar-refractivity contribution in [3.63, 3.8) is 0 Å². The summed E-state index contributed by atoms with van der Waals surface area (Å²) in [5.41, 5.74) is 5.30. The van der Waals surface area contributed by atoms with E-state index in [1.165, 1.54) is 16.7 Å². The monoisotopic (exact) mass is 467 g/mol. The van der Waals surface area contributed by atoms with Crippen LogP contribution in [0, 0.1) is 0 Å². The minimum Gasteiger partial charge on any atom is -0.487 e. The van der Waals surface area contributed by atoms with Crippen LogP contribution in [0.25, 0.3) is 0 Å². The number of aryl methyl sites for hydroxylation is 1. The largest absolute Gasteiger partial charge is 0.487 e. The number of esters is 1. The molecule has 4 nitrogen and oxygen atoms in total. The van der Waals surface area contributed by atoms with E-state index in [-0.39, 0.29) is 18.1 Å². The third kappa shape index (κ3) is 10.3. The SMILES string of the molecule is CC(C)=CCC/C(C)=C/CC/C(C)=C/CC[C@]1(C)CCc2cc(OC(=O)CN(C)C)ccc2O1. The fourth-order valence-electron chi connectivity index (χ4n) is 4.19. The number of rotatable bonds is 12. The van der Waals surface area contributed by atoms with Crippen LogP contribution in [0.3, 0.4) is 0 Å². The van der Waals surface area contributed by atoms with Gasteiger partial charge in [-0.15, -0.1) is 0 Å². The Hall–Kier alpha value is -2.33. The Morgan fingerprint density at radius 1 is 1.03 bits per heavy atom. The van der Waals surface area contributed by atoms with Gasteiger partial charge < -0.3 is 9.47 Å². The van der Waals surface area contributed by atoms with Gasteiger partial charge in [-0.1, -0.05) is 34.9 Å². The summed E-state index contributed by atoms with van der Waals surface area (Å²) in [4.78, 5) is 13.7. The molecule has 0 spiro atoms. The number of ether oxygens (including phenoxy) is 2. The first-order valence-corrected chi connectivity index (χ1v) is 12.7. The first-order chi connectivity index (χ1) is 16.1. The summed E-state index contributed by atoms with van der Waals surface area (Å²) in [6.07, 6.45) is 15.6. The third-order valence-electron chi connectivity index (χ3n) is 6.28. The molecule has 0 N–H and O–H groups in total. The molecule has 0 amide bonds. The third-order valence-corrected chi connectivity index (χ3v) is 6.28. The zero-order chi connectivity index (χ0) is 25.1. The van der Waals surface area contributed by atoms with E-state index < -0.39 is 0 Å². The molecule has 1 aromatic carbocycles. The molecule has 188 valence electrons. The number of hydrogen-bond donors (Lipinski definition) is 0. The van der Waals surface area contributed by atoms with Crippen LogP contribution in [0.1, 0.15) is 85.1 Å². The van der Waals surface area contributed by atoms with Gasteiger partial charge in [0.1, 0.15) is 17.1 Å². The van der Waals surface area contributed by atoms with Gasteiger partial charge in [-0.3, -0.25) is 9.69 Å². The fourth-order valence-corrected chi connectivity index (χ4v) is 4.19. The molecule has 34 heavy (non-hydrogen) atoms. The van der Waals surface area contributed by atoms with Gasteiger partial charge in [-0.05, 0) is 124 Å². The van der Waals surface area contributed by atoms with Crippen molar-refractivity contribution in [3.05, 3.63) is 58.7 Å². The summed E-state index contributed by atoms with van der Waals surface area (Å²) in [6.45, 7) is 11.3. The van der Waals surface area contributed by atoms with E-state index in [4.69, 9.17) is 9.47 Å². The molecule has 0 aromatic heterocycles. The van der Waals surface area contributed by atoms with Crippen LogP contribution in [0.2, 0.25) is 0 Å². The van der Waals surface area contributed by atoms with Crippen LogP contribution in [-0.4, -0.2) is 37.1 Å². The van der Waals surface area contributed by atoms with Crippen LogP contribution >= 0.6 is 0 Å². The predicted molar refractivity (Wildman–Crippen MR) is 143 cm³/mol. The lowest BCUT2D eigenvalue weighted by atomic mass is 9.88. The summed E-state index contributed by atoms with van der Waals surface area (Å²) in [5.74, 6) is 1.26. The van der Waals surface area contributed by atoms with Crippen LogP contribution < -0.4 is 9.47 Å². The second-order valence-electron chi connectivity index (χ2n) is 10.5. The second kappa shape index (κ2) is 13.5. The van der Waals surface area contributed by atoms with E-state index in [9.17, 15) is 4.79 Å². The zero-order valence-electron chi connectivity index (χ0n) is 22.5. The number of nitrogens with zero attached hydrogens (tertiary/aromatic N) is 1. The van der Waals surface area contributed by atoms with E-state index in [0.717, 1.165) is 62.7 Å². The van der Waals surface area contributed by atoms with Crippen LogP contribution in [-0.2, 0) is 11.2 Å². The summed E-state index contributed by atoms with van der Waals surface area (Å²) >= 11 is 0. The van der Waals surface area contributed by atoms with Crippen molar-refractivity contribution in [2.24, 2.45) is 0 Å². The Morgan fingerprint density at radius 3 is 2.32 bits per heavy atom. The summed E-state index contributed by atoms with van der Waals surface area (Å²) in [7, 11) is 3.71. The van der Waals surface area contributed by atoms with Crippen molar-refractivity contribution in [1.29, 1.82) is 0 Å². The molecule has 2 rings (SSSR count). The van der Waals surface area contributed by atoms with Gasteiger partial charge in [-0.25, -0.2) is 0 Å². The zero-order valence-corrected chi connectivity index (χ0v) is 22.5. The molecule has 0 saturated carbocycles. The molecule has 0 unspecified atom stereocenters. The van der Waals surface area contributed by atoms with E-state index in [1.54, 1.807) is 4.90 Å². The van der Waals surface area contributed by atoms with Crippen molar-refractivity contribution in [2.45, 2.75) is 91.6 Å². The Kier molecular flexibility index (Phi) is 11.1. The van der Waals surface area contributed by atoms with E-state index in [1.807, 2.05) is 32.3 Å². The lowest BCUT2D eigenvalue weighted by Gasteiger charge is -2.36. The number of benzene rings is 1. The van der Waals surface area contributed by atoms with Gasteiger partial charge in [0.15, 0.2) is 0 Å². The van der Waals surface area contributed by atoms with Crippen molar-refractivity contribution >= 4 is 5.97 Å². The van der Waals surface area contributed by atoms with Crippen LogP contribution in [0.15, 0.2) is 53.1 Å². The molecule has 0 saturated heterocycles. The highest BCUT2D eigenvalue weighted by Crippen LogP contribution is 2.37. The highest BCUT2D eigenvalue weighted by atomic mass is 16.5. The number of likely N-dealkylation sites (N-methyl/N-ethyl adjacent to an activating group) is 1. The number of allylic oxidation sites excluding steroid dienone is 6. The number of carbonyl (C=O) groups is 1. The van der Waals surface area contributed by atoms with Crippen LogP contribution in [0.5, 0.6) is 11.5 Å². The van der Waals surface area contributed by atoms with Crippen molar-refractivity contribution < 1.29 is 14.3 Å². The Labute approximate surface area is 207 Å². The van der Waals surface area contributed by atoms with Gasteiger partial charge in [0.05, 0.1) is 6.54 Å². The van der Waals surface area contributed by atoms with Crippen molar-refractivity contribution in [3.8, 4) is 11.5 Å². The molecule has 4 heteroatoms. The molecular weight excluding hydrogens is 422 g/mol. The normalized spacial score (nSPS) is 18.4. The molecule has 1 heterocycles. The van der Waals surface area contributed by atoms with E-state index in [0.29, 0.717) is 5.75 Å². The molecule has 0 bridgehead atoms. The van der Waals surface area contributed by atoms with E-state index >= 15 is 0 Å². The molecule has 1 atom stereocenters. The standard InChI is InChI=1S/C30H45NO3/c1-23(2)11-8-12-24(3)13-9-14-25(4)15-10-19-30(5)20-18-26-21-27(16-17-28(26)34-30)33-29(32)22-31(6)7/h11,13,15-17,21H,8-10,12,14,18-20,22H2,1-7H3/b24-13+,25-15+/t30-/m1/s1. The molecule has 1 aliphatic rings. The van der Waals surface area contributed by atoms with Crippen molar-refractivity contribution in [2.75, 3.05) is 20.6 Å². The Bertz CT molecular complexity index is 906. The predicted octanol–water partition coefficient (Wildman–Crippen LogP) is 7.44. The van der Waals surface area contributed by atoms with Gasteiger partial charge >= 0.3 is 5.97 Å². The van der Waals surface area contributed by atoms with Crippen molar-refractivity contribution in [1.82, 2.24) is 4.90 Å². The molecule has 1 aromatic rings. The lowest BCUT2D eigenvalue weighted by Crippen LogP contribution is -2.36. The average Bonchev–Trinajstić information content (AvgIpc) is 2.73. The Balaban J connectivity index is 1.80. The highest BCUT2D eigenvalue weighted by molar-refractivity contribution is 5.74. The number of hydrogen-bond acceptors (Lipinski definition) is 4. The maximum absolute atomic E-state index is 11.9. The molecule has 1 aliphatic heterocycles. The number of fused-ring (bicyclic) bond motifs is 1. The summed E-state index contributed by atoms with van der Waals surface area (Å²) in [5, 5.41) is 0. The van der Waals surface area contributed by atoms with Gasteiger partial charge in [0.2, 0.25) is 0 Å². The second-order valence-corrected chi connectivity index (χ2v) is 10.5. The maximum atomic E-state index is 11.9. The molecular formula is C30H45NO3. The molecule has 0 radical (unpaired) electrons. The van der Waals surface area contributed by atoms with Crippen LogP contribution in [0.4, 0.5) is 0 Å². The summed E-state index contributed by atoms with van der Waals surface area (Å²) < 4.78 is 11.9. The minimum atomic E-state index is -0.247. The smallest absolute Gasteiger partial charge is 0.325 e. The average molecular weight is 468 g/mol. The maximum Gasteiger partial charge on any atom is 0.325 e. The highest BCUT2D eigenvalue weighted by Gasteiger charge is 2.31. The lowest BCUT2D eigenvalue weighted by molar-refractivity contribution is -0.135. The van der Waals surface area contributed by atoms with E-state index in [2.05, 4.69) is 52.8 Å². The molecule has 0 aliphatic carbocycles. The number of carbonyl (C=O) groups excluding carboxylic acids is 1. The van der Waals surface area contributed by atoms with Gasteiger partial charge in [0, 0.05) is 0 Å².